The molecule has 28 heavy (non-hydrogen) atoms. The summed E-state index contributed by atoms with van der Waals surface area (Å²) in [5.74, 6) is 1.68. The van der Waals surface area contributed by atoms with Crippen LogP contribution in [-0.2, 0) is 13.0 Å². The van der Waals surface area contributed by atoms with Gasteiger partial charge in [0, 0.05) is 18.7 Å². The highest BCUT2D eigenvalue weighted by Crippen LogP contribution is 2.27. The van der Waals surface area contributed by atoms with Crippen LogP contribution in [0, 0.1) is 0 Å². The minimum atomic E-state index is -0.0886. The molecule has 0 heterocycles. The first-order valence-electron chi connectivity index (χ1n) is 9.19. The van der Waals surface area contributed by atoms with Gasteiger partial charge in [-0.15, -0.1) is 0 Å². The predicted molar refractivity (Wildman–Crippen MR) is 111 cm³/mol. The summed E-state index contributed by atoms with van der Waals surface area (Å²) in [6.45, 7) is 3.53. The number of amides is 1. The lowest BCUT2D eigenvalue weighted by Gasteiger charge is -2.10. The van der Waals surface area contributed by atoms with E-state index in [0.29, 0.717) is 42.7 Å². The molecule has 150 valence electrons. The van der Waals surface area contributed by atoms with Gasteiger partial charge < -0.3 is 25.8 Å². The van der Waals surface area contributed by atoms with E-state index in [-0.39, 0.29) is 5.91 Å². The molecule has 0 aliphatic heterocycles. The standard InChI is InChI=1S/C21H28N4O3/c1-4-23-20(26)17-7-5-6-16(12-17)14-25-21(22)24-11-10-15-8-9-18(27-2)19(13-15)28-3/h5-9,12-13H,4,10-11,14H2,1-3H3,(H,23,26)(H3,22,24,25). The van der Waals surface area contributed by atoms with Gasteiger partial charge in [0.25, 0.3) is 5.91 Å². The minimum absolute atomic E-state index is 0.0886. The van der Waals surface area contributed by atoms with Crippen LogP contribution < -0.4 is 25.8 Å². The van der Waals surface area contributed by atoms with Crippen LogP contribution in [0.3, 0.4) is 0 Å². The molecule has 7 nitrogen and oxygen atoms in total. The van der Waals surface area contributed by atoms with Gasteiger partial charge in [0.1, 0.15) is 0 Å². The SMILES string of the molecule is CCNC(=O)c1cccc(CN=C(N)NCCc2ccc(OC)c(OC)c2)c1. The van der Waals surface area contributed by atoms with Crippen LogP contribution in [0.2, 0.25) is 0 Å². The highest BCUT2D eigenvalue weighted by Gasteiger charge is 2.06. The zero-order chi connectivity index (χ0) is 20.4. The highest BCUT2D eigenvalue weighted by molar-refractivity contribution is 5.94. The van der Waals surface area contributed by atoms with Gasteiger partial charge in [-0.25, -0.2) is 4.99 Å². The van der Waals surface area contributed by atoms with E-state index in [0.717, 1.165) is 17.5 Å². The smallest absolute Gasteiger partial charge is 0.251 e. The Morgan fingerprint density at radius 2 is 1.82 bits per heavy atom. The molecule has 0 saturated carbocycles. The quantitative estimate of drug-likeness (QED) is 0.454. The number of aliphatic imine (C=N–C) groups is 1. The van der Waals surface area contributed by atoms with Crippen molar-refractivity contribution in [1.82, 2.24) is 10.6 Å². The summed E-state index contributed by atoms with van der Waals surface area (Å²) in [5.41, 5.74) is 8.60. The van der Waals surface area contributed by atoms with Gasteiger partial charge in [-0.3, -0.25) is 4.79 Å². The van der Waals surface area contributed by atoms with Crippen molar-refractivity contribution >= 4 is 11.9 Å². The Balaban J connectivity index is 1.86. The molecular weight excluding hydrogens is 356 g/mol. The van der Waals surface area contributed by atoms with Crippen molar-refractivity contribution in [2.75, 3.05) is 27.3 Å². The third kappa shape index (κ3) is 6.19. The highest BCUT2D eigenvalue weighted by atomic mass is 16.5. The number of benzene rings is 2. The fourth-order valence-corrected chi connectivity index (χ4v) is 2.68. The zero-order valence-corrected chi connectivity index (χ0v) is 16.6. The Hall–Kier alpha value is -3.22. The summed E-state index contributed by atoms with van der Waals surface area (Å²) in [4.78, 5) is 16.2. The minimum Gasteiger partial charge on any atom is -0.493 e. The average molecular weight is 384 g/mol. The molecule has 0 unspecified atom stereocenters. The molecule has 0 spiro atoms. The third-order valence-corrected chi connectivity index (χ3v) is 4.13. The number of guanidine groups is 1. The maximum Gasteiger partial charge on any atom is 0.251 e. The summed E-state index contributed by atoms with van der Waals surface area (Å²) in [5, 5.41) is 5.89. The van der Waals surface area contributed by atoms with E-state index in [9.17, 15) is 4.79 Å². The molecule has 0 fully saturated rings. The van der Waals surface area contributed by atoms with E-state index in [1.54, 1.807) is 20.3 Å². The van der Waals surface area contributed by atoms with Gasteiger partial charge >= 0.3 is 0 Å². The van der Waals surface area contributed by atoms with E-state index in [4.69, 9.17) is 15.2 Å². The van der Waals surface area contributed by atoms with Gasteiger partial charge in [-0.1, -0.05) is 18.2 Å². The number of ether oxygens (including phenoxy) is 2. The number of rotatable bonds is 9. The second kappa shape index (κ2) is 10.8. The van der Waals surface area contributed by atoms with E-state index in [1.807, 2.05) is 43.3 Å². The molecule has 0 bridgehead atoms. The lowest BCUT2D eigenvalue weighted by Crippen LogP contribution is -2.33. The first-order valence-corrected chi connectivity index (χ1v) is 9.19. The molecular formula is C21H28N4O3. The Bertz CT molecular complexity index is 821. The topological polar surface area (TPSA) is 98.0 Å². The van der Waals surface area contributed by atoms with Crippen LogP contribution >= 0.6 is 0 Å². The number of carbonyl (C=O) groups is 1. The lowest BCUT2D eigenvalue weighted by molar-refractivity contribution is 0.0955. The first kappa shape index (κ1) is 21.1. The monoisotopic (exact) mass is 384 g/mol. The normalized spacial score (nSPS) is 11.0. The summed E-state index contributed by atoms with van der Waals surface area (Å²) in [6.07, 6.45) is 0.767. The molecule has 0 saturated heterocycles. The molecule has 7 heteroatoms. The predicted octanol–water partition coefficient (Wildman–Crippen LogP) is 2.10. The van der Waals surface area contributed by atoms with Crippen LogP contribution in [0.25, 0.3) is 0 Å². The van der Waals surface area contributed by atoms with Crippen molar-refractivity contribution < 1.29 is 14.3 Å². The molecule has 0 aromatic heterocycles. The van der Waals surface area contributed by atoms with Gasteiger partial charge in [0.15, 0.2) is 17.5 Å². The number of hydrogen-bond donors (Lipinski definition) is 3. The van der Waals surface area contributed by atoms with Crippen LogP contribution in [0.1, 0.15) is 28.4 Å². The maximum absolute atomic E-state index is 11.9. The number of nitrogens with two attached hydrogens (primary N) is 1. The third-order valence-electron chi connectivity index (χ3n) is 4.13. The Morgan fingerprint density at radius 1 is 1.04 bits per heavy atom. The molecule has 0 radical (unpaired) electrons. The van der Waals surface area contributed by atoms with Crippen molar-refractivity contribution in [3.05, 3.63) is 59.2 Å². The molecule has 2 rings (SSSR count). The number of nitrogens with one attached hydrogen (secondary N) is 2. The molecule has 0 atom stereocenters. The number of hydrogen-bond acceptors (Lipinski definition) is 4. The van der Waals surface area contributed by atoms with Crippen molar-refractivity contribution in [2.45, 2.75) is 19.9 Å². The summed E-state index contributed by atoms with van der Waals surface area (Å²) in [7, 11) is 3.23. The van der Waals surface area contributed by atoms with Crippen molar-refractivity contribution in [1.29, 1.82) is 0 Å². The van der Waals surface area contributed by atoms with Gasteiger partial charge in [-0.2, -0.15) is 0 Å². The fourth-order valence-electron chi connectivity index (χ4n) is 2.68. The summed E-state index contributed by atoms with van der Waals surface area (Å²) in [6, 6.07) is 13.2. The largest absolute Gasteiger partial charge is 0.493 e. The van der Waals surface area contributed by atoms with E-state index in [1.165, 1.54) is 0 Å². The van der Waals surface area contributed by atoms with Crippen LogP contribution in [0.15, 0.2) is 47.5 Å². The number of methoxy groups -OCH3 is 2. The van der Waals surface area contributed by atoms with Gasteiger partial charge in [0.05, 0.1) is 20.8 Å². The van der Waals surface area contributed by atoms with Gasteiger partial charge in [-0.05, 0) is 48.7 Å². The van der Waals surface area contributed by atoms with Crippen LogP contribution in [0.5, 0.6) is 11.5 Å². The molecule has 2 aromatic rings. The van der Waals surface area contributed by atoms with Gasteiger partial charge in [0.2, 0.25) is 0 Å². The summed E-state index contributed by atoms with van der Waals surface area (Å²) >= 11 is 0. The first-order chi connectivity index (χ1) is 13.6. The Morgan fingerprint density at radius 3 is 2.54 bits per heavy atom. The Kier molecular flexibility index (Phi) is 8.14. The molecule has 0 aliphatic rings. The second-order valence-corrected chi connectivity index (χ2v) is 6.13. The fraction of sp³-hybridized carbons (Fsp3) is 0.333. The zero-order valence-electron chi connectivity index (χ0n) is 16.6. The average Bonchev–Trinajstić information content (AvgIpc) is 2.72. The van der Waals surface area contributed by atoms with Crippen LogP contribution in [0.4, 0.5) is 0 Å². The van der Waals surface area contributed by atoms with Crippen LogP contribution in [-0.4, -0.2) is 39.2 Å². The van der Waals surface area contributed by atoms with Crippen molar-refractivity contribution in [3.8, 4) is 11.5 Å². The van der Waals surface area contributed by atoms with E-state index in [2.05, 4.69) is 15.6 Å². The second-order valence-electron chi connectivity index (χ2n) is 6.13. The molecule has 4 N–H and O–H groups in total. The number of carbonyl (C=O) groups excluding carboxylic acids is 1. The van der Waals surface area contributed by atoms with E-state index >= 15 is 0 Å². The number of nitrogens with zero attached hydrogens (tertiary/aromatic N) is 1. The summed E-state index contributed by atoms with van der Waals surface area (Å²) < 4.78 is 10.6. The van der Waals surface area contributed by atoms with Crippen molar-refractivity contribution in [3.63, 3.8) is 0 Å². The lowest BCUT2D eigenvalue weighted by atomic mass is 10.1. The maximum atomic E-state index is 11.9. The molecule has 2 aromatic carbocycles. The van der Waals surface area contributed by atoms with Crippen molar-refractivity contribution in [2.24, 2.45) is 10.7 Å². The molecule has 0 aliphatic carbocycles. The molecule has 1 amide bonds. The van der Waals surface area contributed by atoms with E-state index < -0.39 is 0 Å². The Labute approximate surface area is 165 Å².